The third kappa shape index (κ3) is 3.04. The molecule has 0 aliphatic heterocycles. The molecule has 3 heteroatoms. The number of nitrogens with one attached hydrogen (secondary N) is 1. The first-order chi connectivity index (χ1) is 10.5. The van der Waals surface area contributed by atoms with Crippen LogP contribution in [0.15, 0.2) is 42.5 Å². The Morgan fingerprint density at radius 2 is 1.64 bits per heavy atom. The number of rotatable bonds is 3. The van der Waals surface area contributed by atoms with Crippen LogP contribution in [0, 0.1) is 13.8 Å². The van der Waals surface area contributed by atoms with E-state index < -0.39 is 5.60 Å². The minimum atomic E-state index is -0.877. The van der Waals surface area contributed by atoms with Crippen LogP contribution in [-0.4, -0.2) is 23.2 Å². The van der Waals surface area contributed by atoms with Crippen LogP contribution in [0.3, 0.4) is 0 Å². The predicted octanol–water partition coefficient (Wildman–Crippen LogP) is 2.56. The van der Waals surface area contributed by atoms with E-state index >= 15 is 0 Å². The average molecular weight is 295 g/mol. The lowest BCUT2D eigenvalue weighted by molar-refractivity contribution is 0.0480. The molecule has 0 radical (unpaired) electrons. The lowest BCUT2D eigenvalue weighted by atomic mass is 10.00. The van der Waals surface area contributed by atoms with Gasteiger partial charge in [0.05, 0.1) is 5.60 Å². The first-order valence-electron chi connectivity index (χ1n) is 7.61. The lowest BCUT2D eigenvalue weighted by Gasteiger charge is -2.22. The maximum Gasteiger partial charge on any atom is 0.251 e. The third-order valence-electron chi connectivity index (χ3n) is 4.22. The van der Waals surface area contributed by atoms with Crippen molar-refractivity contribution in [3.8, 4) is 0 Å². The molecule has 0 atom stereocenters. The minimum absolute atomic E-state index is 0.129. The highest BCUT2D eigenvalue weighted by atomic mass is 16.3. The Morgan fingerprint density at radius 1 is 1.09 bits per heavy atom. The predicted molar refractivity (Wildman–Crippen MR) is 87.0 cm³/mol. The molecular weight excluding hydrogens is 274 g/mol. The van der Waals surface area contributed by atoms with Crippen LogP contribution in [0.2, 0.25) is 0 Å². The molecule has 0 unspecified atom stereocenters. The standard InChI is InChI=1S/C19H21NO2/c1-13-7-14(2)9-17(8-13)18(21)20-12-19(22)10-15-5-3-4-6-16(15)11-19/h3-9,22H,10-12H2,1-2H3,(H,20,21). The van der Waals surface area contributed by atoms with Crippen LogP contribution >= 0.6 is 0 Å². The molecule has 0 saturated heterocycles. The molecule has 3 rings (SSSR count). The third-order valence-corrected chi connectivity index (χ3v) is 4.22. The van der Waals surface area contributed by atoms with E-state index in [1.165, 1.54) is 11.1 Å². The number of carbonyl (C=O) groups excluding carboxylic acids is 1. The highest BCUT2D eigenvalue weighted by molar-refractivity contribution is 5.94. The molecule has 0 heterocycles. The summed E-state index contributed by atoms with van der Waals surface area (Å²) in [5.41, 5.74) is 4.25. The van der Waals surface area contributed by atoms with Gasteiger partial charge in [0.1, 0.15) is 0 Å². The molecule has 0 aromatic heterocycles. The Morgan fingerprint density at radius 3 is 2.18 bits per heavy atom. The van der Waals surface area contributed by atoms with Gasteiger partial charge in [-0.3, -0.25) is 4.79 Å². The van der Waals surface area contributed by atoms with Crippen molar-refractivity contribution in [3.05, 3.63) is 70.3 Å². The first kappa shape index (κ1) is 14.8. The van der Waals surface area contributed by atoms with E-state index in [0.717, 1.165) is 11.1 Å². The summed E-state index contributed by atoms with van der Waals surface area (Å²) in [6, 6.07) is 13.8. The fourth-order valence-corrected chi connectivity index (χ4v) is 3.25. The monoisotopic (exact) mass is 295 g/mol. The Hall–Kier alpha value is -2.13. The van der Waals surface area contributed by atoms with Gasteiger partial charge in [0, 0.05) is 24.9 Å². The number of amides is 1. The molecule has 22 heavy (non-hydrogen) atoms. The quantitative estimate of drug-likeness (QED) is 0.914. The van der Waals surface area contributed by atoms with Crippen molar-refractivity contribution in [2.24, 2.45) is 0 Å². The summed E-state index contributed by atoms with van der Waals surface area (Å²) in [7, 11) is 0. The molecule has 3 nitrogen and oxygen atoms in total. The van der Waals surface area contributed by atoms with E-state index in [1.54, 1.807) is 0 Å². The molecule has 0 bridgehead atoms. The number of aryl methyl sites for hydroxylation is 2. The topological polar surface area (TPSA) is 49.3 Å². The smallest absolute Gasteiger partial charge is 0.251 e. The fraction of sp³-hybridized carbons (Fsp3) is 0.316. The Balaban J connectivity index is 1.67. The number of aliphatic hydroxyl groups is 1. The Bertz CT molecular complexity index is 676. The maximum absolute atomic E-state index is 12.3. The largest absolute Gasteiger partial charge is 0.387 e. The highest BCUT2D eigenvalue weighted by Crippen LogP contribution is 2.29. The zero-order chi connectivity index (χ0) is 15.7. The van der Waals surface area contributed by atoms with E-state index in [-0.39, 0.29) is 12.5 Å². The second-order valence-electron chi connectivity index (χ2n) is 6.41. The van der Waals surface area contributed by atoms with Crippen molar-refractivity contribution in [3.63, 3.8) is 0 Å². The fourth-order valence-electron chi connectivity index (χ4n) is 3.25. The van der Waals surface area contributed by atoms with Crippen molar-refractivity contribution in [1.29, 1.82) is 0 Å². The summed E-state index contributed by atoms with van der Waals surface area (Å²) < 4.78 is 0. The SMILES string of the molecule is Cc1cc(C)cc(C(=O)NCC2(O)Cc3ccccc3C2)c1. The molecule has 1 aliphatic carbocycles. The summed E-state index contributed by atoms with van der Waals surface area (Å²) in [6.07, 6.45) is 1.19. The number of benzene rings is 2. The maximum atomic E-state index is 12.3. The van der Waals surface area contributed by atoms with Crippen LogP contribution in [0.1, 0.15) is 32.6 Å². The van der Waals surface area contributed by atoms with Crippen molar-refractivity contribution in [1.82, 2.24) is 5.32 Å². The number of fused-ring (bicyclic) bond motifs is 1. The van der Waals surface area contributed by atoms with Crippen LogP contribution < -0.4 is 5.32 Å². The second-order valence-corrected chi connectivity index (χ2v) is 6.41. The zero-order valence-corrected chi connectivity index (χ0v) is 13.0. The normalized spacial score (nSPS) is 15.4. The molecule has 2 aromatic rings. The molecule has 2 aromatic carbocycles. The number of carbonyl (C=O) groups is 1. The van der Waals surface area contributed by atoms with Crippen LogP contribution in [0.5, 0.6) is 0 Å². The lowest BCUT2D eigenvalue weighted by Crippen LogP contribution is -2.43. The van der Waals surface area contributed by atoms with Gasteiger partial charge in [0.15, 0.2) is 0 Å². The summed E-state index contributed by atoms with van der Waals surface area (Å²) >= 11 is 0. The van der Waals surface area contributed by atoms with Gasteiger partial charge in [0.2, 0.25) is 0 Å². The van der Waals surface area contributed by atoms with E-state index in [4.69, 9.17) is 0 Å². The highest BCUT2D eigenvalue weighted by Gasteiger charge is 2.35. The average Bonchev–Trinajstić information content (AvgIpc) is 2.80. The van der Waals surface area contributed by atoms with E-state index in [0.29, 0.717) is 18.4 Å². The van der Waals surface area contributed by atoms with Crippen molar-refractivity contribution in [2.45, 2.75) is 32.3 Å². The van der Waals surface area contributed by atoms with E-state index in [1.807, 2.05) is 56.3 Å². The Labute approximate surface area is 131 Å². The minimum Gasteiger partial charge on any atom is -0.387 e. The first-order valence-corrected chi connectivity index (χ1v) is 7.61. The Kier molecular flexibility index (Phi) is 3.75. The number of hydrogen-bond acceptors (Lipinski definition) is 2. The summed E-state index contributed by atoms with van der Waals surface area (Å²) in [6.45, 7) is 4.23. The number of hydrogen-bond donors (Lipinski definition) is 2. The molecular formula is C19H21NO2. The van der Waals surface area contributed by atoms with Crippen LogP contribution in [0.4, 0.5) is 0 Å². The van der Waals surface area contributed by atoms with E-state index in [9.17, 15) is 9.90 Å². The van der Waals surface area contributed by atoms with Gasteiger partial charge < -0.3 is 10.4 Å². The molecule has 0 saturated carbocycles. The molecule has 0 spiro atoms. The molecule has 1 amide bonds. The van der Waals surface area contributed by atoms with Gasteiger partial charge in [0.25, 0.3) is 5.91 Å². The van der Waals surface area contributed by atoms with Crippen LogP contribution in [-0.2, 0) is 12.8 Å². The molecule has 2 N–H and O–H groups in total. The zero-order valence-electron chi connectivity index (χ0n) is 13.0. The summed E-state index contributed by atoms with van der Waals surface area (Å²) in [5.74, 6) is -0.129. The van der Waals surface area contributed by atoms with Crippen molar-refractivity contribution in [2.75, 3.05) is 6.54 Å². The van der Waals surface area contributed by atoms with Gasteiger partial charge in [-0.25, -0.2) is 0 Å². The van der Waals surface area contributed by atoms with Gasteiger partial charge in [-0.2, -0.15) is 0 Å². The van der Waals surface area contributed by atoms with Crippen molar-refractivity contribution >= 4 is 5.91 Å². The van der Waals surface area contributed by atoms with Gasteiger partial charge in [-0.1, -0.05) is 41.5 Å². The van der Waals surface area contributed by atoms with Crippen LogP contribution in [0.25, 0.3) is 0 Å². The summed E-state index contributed by atoms with van der Waals surface area (Å²) in [4.78, 5) is 12.3. The summed E-state index contributed by atoms with van der Waals surface area (Å²) in [5, 5.41) is 13.6. The van der Waals surface area contributed by atoms with Gasteiger partial charge in [-0.15, -0.1) is 0 Å². The molecule has 114 valence electrons. The second kappa shape index (κ2) is 5.58. The molecule has 1 aliphatic rings. The van der Waals surface area contributed by atoms with Gasteiger partial charge in [-0.05, 0) is 37.1 Å². The molecule has 0 fully saturated rings. The van der Waals surface area contributed by atoms with E-state index in [2.05, 4.69) is 5.32 Å². The van der Waals surface area contributed by atoms with Gasteiger partial charge >= 0.3 is 0 Å². The van der Waals surface area contributed by atoms with Crippen molar-refractivity contribution < 1.29 is 9.90 Å².